The van der Waals surface area contributed by atoms with E-state index in [9.17, 15) is 0 Å². The third-order valence-corrected chi connectivity index (χ3v) is 7.86. The van der Waals surface area contributed by atoms with Crippen molar-refractivity contribution in [1.82, 2.24) is 0 Å². The van der Waals surface area contributed by atoms with E-state index < -0.39 is 5.41 Å². The van der Waals surface area contributed by atoms with Crippen LogP contribution < -0.4 is 4.74 Å². The predicted molar refractivity (Wildman–Crippen MR) is 150 cm³/mol. The highest BCUT2D eigenvalue weighted by atomic mass is 16.5. The fourth-order valence-electron chi connectivity index (χ4n) is 6.21. The molecule has 0 unspecified atom stereocenters. The van der Waals surface area contributed by atoms with Crippen molar-refractivity contribution in [2.45, 2.75) is 12.3 Å². The molecule has 1 aliphatic rings. The first-order chi connectivity index (χ1) is 17.7. The minimum atomic E-state index is -0.414. The number of hydrogen-bond donors (Lipinski definition) is 0. The van der Waals surface area contributed by atoms with Gasteiger partial charge >= 0.3 is 0 Å². The molecule has 1 heteroatoms. The van der Waals surface area contributed by atoms with Crippen molar-refractivity contribution in [1.29, 1.82) is 0 Å². The average Bonchev–Trinajstić information content (AvgIpc) is 3.23. The molecule has 0 fully saturated rings. The number of ether oxygens (including phenoxy) is 1. The Bertz CT molecular complexity index is 1750. The second kappa shape index (κ2) is 7.83. The van der Waals surface area contributed by atoms with Crippen LogP contribution >= 0.6 is 0 Å². The lowest BCUT2D eigenvalue weighted by Gasteiger charge is -2.34. The van der Waals surface area contributed by atoms with E-state index in [0.717, 1.165) is 5.75 Å². The highest BCUT2D eigenvalue weighted by Crippen LogP contribution is 2.56. The normalized spacial score (nSPS) is 13.5. The molecule has 0 atom stereocenters. The first-order valence-corrected chi connectivity index (χ1v) is 12.5. The zero-order valence-corrected chi connectivity index (χ0v) is 20.5. The SMILES string of the molecule is COc1ccc2ccc(C3(c4ccc5ccc(C)cc5c4)c4ccccc4-c4ccccc43)cc2c1. The Morgan fingerprint density at radius 2 is 1.03 bits per heavy atom. The standard InChI is InChI=1S/C35H26O/c1-23-11-12-24-13-16-28(20-26(24)19-23)35(29-17-14-25-15-18-30(36-2)22-27(25)21-29)33-9-5-3-7-31(33)32-8-4-6-10-34(32)35/h3-22H,1-2H3. The predicted octanol–water partition coefficient (Wildman–Crippen LogP) is 8.67. The molecule has 0 bridgehead atoms. The zero-order valence-electron chi connectivity index (χ0n) is 20.5. The van der Waals surface area contributed by atoms with Gasteiger partial charge in [-0.25, -0.2) is 0 Å². The summed E-state index contributed by atoms with van der Waals surface area (Å²) < 4.78 is 5.57. The molecule has 0 spiro atoms. The number of methoxy groups -OCH3 is 1. The zero-order chi connectivity index (χ0) is 24.3. The van der Waals surface area contributed by atoms with Crippen LogP contribution in [0.4, 0.5) is 0 Å². The molecule has 1 aliphatic carbocycles. The molecule has 0 N–H and O–H groups in total. The summed E-state index contributed by atoms with van der Waals surface area (Å²) in [4.78, 5) is 0. The first kappa shape index (κ1) is 21.0. The fourth-order valence-corrected chi connectivity index (χ4v) is 6.21. The molecule has 0 radical (unpaired) electrons. The summed E-state index contributed by atoms with van der Waals surface area (Å²) in [6.45, 7) is 2.17. The highest BCUT2D eigenvalue weighted by Gasteiger charge is 2.46. The van der Waals surface area contributed by atoms with Gasteiger partial charge in [0.05, 0.1) is 12.5 Å². The molecule has 0 amide bonds. The van der Waals surface area contributed by atoms with Gasteiger partial charge in [-0.3, -0.25) is 0 Å². The third-order valence-electron chi connectivity index (χ3n) is 7.86. The van der Waals surface area contributed by atoms with Crippen molar-refractivity contribution >= 4 is 21.5 Å². The van der Waals surface area contributed by atoms with Crippen LogP contribution in [-0.4, -0.2) is 7.11 Å². The molecule has 0 saturated heterocycles. The van der Waals surface area contributed by atoms with Crippen molar-refractivity contribution in [3.05, 3.63) is 149 Å². The van der Waals surface area contributed by atoms with E-state index in [2.05, 4.69) is 122 Å². The summed E-state index contributed by atoms with van der Waals surface area (Å²) >= 11 is 0. The fraction of sp³-hybridized carbons (Fsp3) is 0.0857. The van der Waals surface area contributed by atoms with Gasteiger partial charge in [0.1, 0.15) is 5.75 Å². The van der Waals surface area contributed by atoms with E-state index in [0.29, 0.717) is 0 Å². The van der Waals surface area contributed by atoms with Gasteiger partial charge in [0.25, 0.3) is 0 Å². The maximum absolute atomic E-state index is 5.57. The van der Waals surface area contributed by atoms with E-state index in [-0.39, 0.29) is 0 Å². The Kier molecular flexibility index (Phi) is 4.56. The van der Waals surface area contributed by atoms with E-state index in [1.807, 2.05) is 6.07 Å². The van der Waals surface area contributed by atoms with Crippen LogP contribution in [0.5, 0.6) is 5.75 Å². The van der Waals surface area contributed by atoms with Gasteiger partial charge in [0, 0.05) is 0 Å². The smallest absolute Gasteiger partial charge is 0.119 e. The van der Waals surface area contributed by atoms with E-state index in [1.54, 1.807) is 7.11 Å². The summed E-state index contributed by atoms with van der Waals surface area (Å²) in [5, 5.41) is 4.94. The van der Waals surface area contributed by atoms with Crippen LogP contribution in [0.1, 0.15) is 27.8 Å². The lowest BCUT2D eigenvalue weighted by molar-refractivity contribution is 0.415. The maximum Gasteiger partial charge on any atom is 0.119 e. The monoisotopic (exact) mass is 462 g/mol. The number of benzene rings is 6. The third kappa shape index (κ3) is 2.90. The van der Waals surface area contributed by atoms with E-state index in [1.165, 1.54) is 60.5 Å². The minimum Gasteiger partial charge on any atom is -0.497 e. The van der Waals surface area contributed by atoms with Gasteiger partial charge in [0.15, 0.2) is 0 Å². The van der Waals surface area contributed by atoms with Crippen LogP contribution in [0.2, 0.25) is 0 Å². The van der Waals surface area contributed by atoms with Gasteiger partial charge in [0.2, 0.25) is 0 Å². The van der Waals surface area contributed by atoms with Crippen molar-refractivity contribution in [2.75, 3.05) is 7.11 Å². The number of aryl methyl sites for hydroxylation is 1. The van der Waals surface area contributed by atoms with Crippen LogP contribution in [0.25, 0.3) is 32.7 Å². The molecule has 36 heavy (non-hydrogen) atoms. The Labute approximate surface area is 211 Å². The van der Waals surface area contributed by atoms with Gasteiger partial charge in [-0.15, -0.1) is 0 Å². The summed E-state index contributed by atoms with van der Waals surface area (Å²) in [7, 11) is 1.73. The Hall–Kier alpha value is -4.36. The molecular weight excluding hydrogens is 436 g/mol. The minimum absolute atomic E-state index is 0.414. The quantitative estimate of drug-likeness (QED) is 0.255. The summed E-state index contributed by atoms with van der Waals surface area (Å²) in [6.07, 6.45) is 0. The van der Waals surface area contributed by atoms with Crippen molar-refractivity contribution in [3.8, 4) is 16.9 Å². The molecule has 7 rings (SSSR count). The number of rotatable bonds is 3. The summed E-state index contributed by atoms with van der Waals surface area (Å²) in [5.41, 5.74) is 8.71. The van der Waals surface area contributed by atoms with Gasteiger partial charge in [-0.2, -0.15) is 0 Å². The Balaban J connectivity index is 1.62. The van der Waals surface area contributed by atoms with Crippen LogP contribution in [0, 0.1) is 6.92 Å². The molecule has 0 saturated carbocycles. The molecule has 172 valence electrons. The van der Waals surface area contributed by atoms with Crippen molar-refractivity contribution in [2.24, 2.45) is 0 Å². The van der Waals surface area contributed by atoms with Gasteiger partial charge < -0.3 is 4.74 Å². The largest absolute Gasteiger partial charge is 0.497 e. The number of hydrogen-bond acceptors (Lipinski definition) is 1. The van der Waals surface area contributed by atoms with Crippen LogP contribution in [0.15, 0.2) is 121 Å². The second-order valence-electron chi connectivity index (χ2n) is 9.83. The summed E-state index contributed by atoms with van der Waals surface area (Å²) in [5.74, 6) is 0.877. The van der Waals surface area contributed by atoms with Crippen LogP contribution in [-0.2, 0) is 5.41 Å². The highest BCUT2D eigenvalue weighted by molar-refractivity contribution is 5.92. The number of fused-ring (bicyclic) bond motifs is 5. The molecule has 1 nitrogen and oxygen atoms in total. The van der Waals surface area contributed by atoms with Gasteiger partial charge in [-0.05, 0) is 86.1 Å². The first-order valence-electron chi connectivity index (χ1n) is 12.5. The van der Waals surface area contributed by atoms with Crippen molar-refractivity contribution < 1.29 is 4.74 Å². The van der Waals surface area contributed by atoms with Crippen molar-refractivity contribution in [3.63, 3.8) is 0 Å². The molecule has 6 aromatic carbocycles. The second-order valence-corrected chi connectivity index (χ2v) is 9.83. The van der Waals surface area contributed by atoms with Crippen LogP contribution in [0.3, 0.4) is 0 Å². The summed E-state index contributed by atoms with van der Waals surface area (Å²) in [6, 6.07) is 44.8. The van der Waals surface area contributed by atoms with E-state index in [4.69, 9.17) is 4.74 Å². The maximum atomic E-state index is 5.57. The average molecular weight is 463 g/mol. The van der Waals surface area contributed by atoms with Gasteiger partial charge in [-0.1, -0.05) is 103 Å². The van der Waals surface area contributed by atoms with E-state index >= 15 is 0 Å². The lowest BCUT2D eigenvalue weighted by Crippen LogP contribution is -2.28. The molecule has 0 aromatic heterocycles. The molecule has 0 aliphatic heterocycles. The molecule has 6 aromatic rings. The molecular formula is C35H26O. The Morgan fingerprint density at radius 1 is 0.500 bits per heavy atom. The topological polar surface area (TPSA) is 9.23 Å². The Morgan fingerprint density at radius 3 is 1.64 bits per heavy atom. The lowest BCUT2D eigenvalue weighted by atomic mass is 9.67. The molecule has 0 heterocycles.